The molecule has 0 aromatic heterocycles. The van der Waals surface area contributed by atoms with Gasteiger partial charge in [-0.05, 0) is 88.8 Å². The van der Waals surface area contributed by atoms with Crippen LogP contribution in [0.4, 0.5) is 5.69 Å². The number of anilines is 1. The normalized spacial score (nSPS) is 24.7. The molecule has 0 aliphatic carbocycles. The standard InChI is InChI=1S/C22H35N3O/c1-18(21-7-5-11-23-21)25-15-10-19-17-20(8-9-22(19)25)26-16-6-14-24-12-3-2-4-13-24/h8-9,17-18,21,23H,2-7,10-16H2,1H3. The number of nitrogens with one attached hydrogen (secondary N) is 1. The third kappa shape index (κ3) is 4.17. The fourth-order valence-corrected chi connectivity index (χ4v) is 4.92. The monoisotopic (exact) mass is 357 g/mol. The maximum Gasteiger partial charge on any atom is 0.119 e. The van der Waals surface area contributed by atoms with Gasteiger partial charge in [-0.2, -0.15) is 0 Å². The topological polar surface area (TPSA) is 27.7 Å². The van der Waals surface area contributed by atoms with Gasteiger partial charge in [0.1, 0.15) is 5.75 Å². The first-order valence-electron chi connectivity index (χ1n) is 10.8. The van der Waals surface area contributed by atoms with Crippen molar-refractivity contribution >= 4 is 5.69 Å². The van der Waals surface area contributed by atoms with Gasteiger partial charge in [0.2, 0.25) is 0 Å². The molecule has 144 valence electrons. The Bertz CT molecular complexity index is 579. The van der Waals surface area contributed by atoms with Crippen LogP contribution >= 0.6 is 0 Å². The molecule has 0 spiro atoms. The average molecular weight is 358 g/mol. The van der Waals surface area contributed by atoms with E-state index in [1.807, 2.05) is 0 Å². The smallest absolute Gasteiger partial charge is 0.119 e. The summed E-state index contributed by atoms with van der Waals surface area (Å²) in [6, 6.07) is 7.97. The Kier molecular flexibility index (Phi) is 6.01. The second-order valence-electron chi connectivity index (χ2n) is 8.28. The van der Waals surface area contributed by atoms with Crippen molar-refractivity contribution in [3.63, 3.8) is 0 Å². The van der Waals surface area contributed by atoms with E-state index in [9.17, 15) is 0 Å². The Morgan fingerprint density at radius 2 is 2.04 bits per heavy atom. The van der Waals surface area contributed by atoms with E-state index >= 15 is 0 Å². The Morgan fingerprint density at radius 1 is 1.15 bits per heavy atom. The molecule has 2 unspecified atom stereocenters. The predicted octanol–water partition coefficient (Wildman–Crippen LogP) is 3.44. The second kappa shape index (κ2) is 8.62. The molecule has 3 heterocycles. The van der Waals surface area contributed by atoms with E-state index in [0.717, 1.165) is 31.7 Å². The molecule has 2 saturated heterocycles. The number of nitrogens with zero attached hydrogens (tertiary/aromatic N) is 2. The number of benzene rings is 1. The molecule has 0 radical (unpaired) electrons. The number of likely N-dealkylation sites (tertiary alicyclic amines) is 1. The van der Waals surface area contributed by atoms with Crippen molar-refractivity contribution in [2.75, 3.05) is 44.2 Å². The van der Waals surface area contributed by atoms with Gasteiger partial charge in [0.15, 0.2) is 0 Å². The van der Waals surface area contributed by atoms with Crippen LogP contribution in [0.2, 0.25) is 0 Å². The quantitative estimate of drug-likeness (QED) is 0.757. The maximum absolute atomic E-state index is 6.06. The molecule has 0 saturated carbocycles. The summed E-state index contributed by atoms with van der Waals surface area (Å²) >= 11 is 0. The van der Waals surface area contributed by atoms with Gasteiger partial charge in [0, 0.05) is 30.9 Å². The summed E-state index contributed by atoms with van der Waals surface area (Å²) in [5.41, 5.74) is 2.88. The summed E-state index contributed by atoms with van der Waals surface area (Å²) in [5.74, 6) is 1.05. The van der Waals surface area contributed by atoms with E-state index in [1.54, 1.807) is 0 Å². The summed E-state index contributed by atoms with van der Waals surface area (Å²) in [6.45, 7) is 9.29. The number of fused-ring (bicyclic) bond motifs is 1. The van der Waals surface area contributed by atoms with Gasteiger partial charge < -0.3 is 19.9 Å². The van der Waals surface area contributed by atoms with Crippen molar-refractivity contribution in [2.45, 2.75) is 64.0 Å². The molecule has 1 aromatic rings. The lowest BCUT2D eigenvalue weighted by Gasteiger charge is -2.32. The van der Waals surface area contributed by atoms with Gasteiger partial charge in [-0.25, -0.2) is 0 Å². The molecule has 1 aromatic carbocycles. The van der Waals surface area contributed by atoms with Crippen LogP contribution in [0.15, 0.2) is 18.2 Å². The summed E-state index contributed by atoms with van der Waals surface area (Å²) in [7, 11) is 0. The van der Waals surface area contributed by atoms with Crippen LogP contribution in [0.5, 0.6) is 5.75 Å². The summed E-state index contributed by atoms with van der Waals surface area (Å²) < 4.78 is 6.06. The third-order valence-electron chi connectivity index (χ3n) is 6.49. The first-order valence-corrected chi connectivity index (χ1v) is 10.8. The summed E-state index contributed by atoms with van der Waals surface area (Å²) in [4.78, 5) is 5.18. The highest BCUT2D eigenvalue weighted by Crippen LogP contribution is 2.34. The van der Waals surface area contributed by atoms with Gasteiger partial charge >= 0.3 is 0 Å². The van der Waals surface area contributed by atoms with Crippen LogP contribution in [-0.4, -0.2) is 56.3 Å². The number of piperidine rings is 1. The first kappa shape index (κ1) is 18.1. The molecule has 3 aliphatic rings. The SMILES string of the molecule is CC(C1CCCN1)N1CCc2cc(OCCCN3CCCCC3)ccc21. The lowest BCUT2D eigenvalue weighted by Crippen LogP contribution is -2.45. The average Bonchev–Trinajstić information content (AvgIpc) is 3.35. The number of hydrogen-bond acceptors (Lipinski definition) is 4. The zero-order valence-corrected chi connectivity index (χ0v) is 16.4. The minimum Gasteiger partial charge on any atom is -0.494 e. The van der Waals surface area contributed by atoms with Crippen molar-refractivity contribution in [2.24, 2.45) is 0 Å². The largest absolute Gasteiger partial charge is 0.494 e. The van der Waals surface area contributed by atoms with E-state index in [-0.39, 0.29) is 0 Å². The third-order valence-corrected chi connectivity index (χ3v) is 6.49. The molecule has 4 nitrogen and oxygen atoms in total. The Balaban J connectivity index is 1.27. The zero-order chi connectivity index (χ0) is 17.8. The Labute approximate surface area is 158 Å². The number of ether oxygens (including phenoxy) is 1. The summed E-state index contributed by atoms with van der Waals surface area (Å²) in [5, 5.41) is 3.67. The van der Waals surface area contributed by atoms with Crippen LogP contribution in [0.3, 0.4) is 0 Å². The van der Waals surface area contributed by atoms with Crippen LogP contribution in [0, 0.1) is 0 Å². The minimum atomic E-state index is 0.579. The van der Waals surface area contributed by atoms with Crippen molar-refractivity contribution < 1.29 is 4.74 Å². The highest BCUT2D eigenvalue weighted by molar-refractivity contribution is 5.61. The molecule has 2 atom stereocenters. The Morgan fingerprint density at radius 3 is 2.85 bits per heavy atom. The number of rotatable bonds is 7. The van der Waals surface area contributed by atoms with E-state index < -0.39 is 0 Å². The fourth-order valence-electron chi connectivity index (χ4n) is 4.92. The van der Waals surface area contributed by atoms with E-state index in [0.29, 0.717) is 12.1 Å². The van der Waals surface area contributed by atoms with Gasteiger partial charge in [-0.15, -0.1) is 0 Å². The van der Waals surface area contributed by atoms with Crippen LogP contribution in [0.25, 0.3) is 0 Å². The highest BCUT2D eigenvalue weighted by atomic mass is 16.5. The predicted molar refractivity (Wildman–Crippen MR) is 108 cm³/mol. The molecular formula is C22H35N3O. The number of hydrogen-bond donors (Lipinski definition) is 1. The second-order valence-corrected chi connectivity index (χ2v) is 8.28. The molecule has 26 heavy (non-hydrogen) atoms. The van der Waals surface area contributed by atoms with Crippen molar-refractivity contribution in [1.82, 2.24) is 10.2 Å². The van der Waals surface area contributed by atoms with Crippen LogP contribution in [-0.2, 0) is 6.42 Å². The molecule has 0 amide bonds. The van der Waals surface area contributed by atoms with Gasteiger partial charge in [0.05, 0.1) is 6.61 Å². The zero-order valence-electron chi connectivity index (χ0n) is 16.4. The molecule has 3 aliphatic heterocycles. The van der Waals surface area contributed by atoms with Crippen LogP contribution in [0.1, 0.15) is 51.0 Å². The maximum atomic E-state index is 6.06. The van der Waals surface area contributed by atoms with Crippen molar-refractivity contribution in [3.05, 3.63) is 23.8 Å². The Hall–Kier alpha value is -1.26. The van der Waals surface area contributed by atoms with Gasteiger partial charge in [-0.3, -0.25) is 0 Å². The van der Waals surface area contributed by atoms with E-state index in [2.05, 4.69) is 40.2 Å². The van der Waals surface area contributed by atoms with Gasteiger partial charge in [-0.1, -0.05) is 6.42 Å². The van der Waals surface area contributed by atoms with Crippen LogP contribution < -0.4 is 15.0 Å². The summed E-state index contributed by atoms with van der Waals surface area (Å²) in [6.07, 6.45) is 9.07. The minimum absolute atomic E-state index is 0.579. The lowest BCUT2D eigenvalue weighted by molar-refractivity contribution is 0.205. The van der Waals surface area contributed by atoms with E-state index in [4.69, 9.17) is 4.74 Å². The lowest BCUT2D eigenvalue weighted by atomic mass is 10.1. The highest BCUT2D eigenvalue weighted by Gasteiger charge is 2.30. The molecule has 0 bridgehead atoms. The molecule has 4 rings (SSSR count). The molecule has 1 N–H and O–H groups in total. The van der Waals surface area contributed by atoms with Gasteiger partial charge in [0.25, 0.3) is 0 Å². The van der Waals surface area contributed by atoms with Crippen molar-refractivity contribution in [3.8, 4) is 5.75 Å². The van der Waals surface area contributed by atoms with E-state index in [1.165, 1.54) is 69.5 Å². The molecule has 2 fully saturated rings. The molecular weight excluding hydrogens is 322 g/mol. The fraction of sp³-hybridized carbons (Fsp3) is 0.727. The van der Waals surface area contributed by atoms with Crippen molar-refractivity contribution in [1.29, 1.82) is 0 Å². The first-order chi connectivity index (χ1) is 12.8. The molecule has 4 heteroatoms.